The van der Waals surface area contributed by atoms with Crippen LogP contribution in [0.1, 0.15) is 35.5 Å². The zero-order valence-electron chi connectivity index (χ0n) is 18.1. The number of piperazine rings is 1. The van der Waals surface area contributed by atoms with Crippen LogP contribution in [0, 0.1) is 0 Å². The van der Waals surface area contributed by atoms with Crippen LogP contribution in [0.25, 0.3) is 0 Å². The standard InChI is InChI=1S/C22H29N5O2S/c1-5-19-14-20(25(3)4)24-22(23-19)30-15-17-6-8-18(9-7-17)21(29)27-12-10-26(11-13-27)16(2)28/h6-9,14H,5,10-13,15H2,1-4H3. The lowest BCUT2D eigenvalue weighted by molar-refractivity contribution is -0.130. The lowest BCUT2D eigenvalue weighted by Crippen LogP contribution is -2.50. The number of carbonyl (C=O) groups excluding carboxylic acids is 2. The second-order valence-electron chi connectivity index (χ2n) is 7.53. The van der Waals surface area contributed by atoms with E-state index in [0.29, 0.717) is 31.7 Å². The van der Waals surface area contributed by atoms with Gasteiger partial charge in [0.05, 0.1) is 0 Å². The largest absolute Gasteiger partial charge is 0.363 e. The Kier molecular flexibility index (Phi) is 7.31. The van der Waals surface area contributed by atoms with Crippen molar-refractivity contribution in [2.75, 3.05) is 45.2 Å². The summed E-state index contributed by atoms with van der Waals surface area (Å²) >= 11 is 1.60. The summed E-state index contributed by atoms with van der Waals surface area (Å²) in [4.78, 5) is 39.0. The van der Waals surface area contributed by atoms with E-state index < -0.39 is 0 Å². The number of anilines is 1. The molecule has 0 unspecified atom stereocenters. The summed E-state index contributed by atoms with van der Waals surface area (Å²) in [5, 5.41) is 0.765. The van der Waals surface area contributed by atoms with Crippen molar-refractivity contribution in [2.45, 2.75) is 31.2 Å². The van der Waals surface area contributed by atoms with Gasteiger partial charge in [0.25, 0.3) is 5.91 Å². The Hall–Kier alpha value is -2.61. The molecule has 0 aliphatic carbocycles. The molecule has 1 fully saturated rings. The van der Waals surface area contributed by atoms with E-state index >= 15 is 0 Å². The minimum atomic E-state index is 0.0204. The fraction of sp³-hybridized carbons (Fsp3) is 0.455. The van der Waals surface area contributed by atoms with Crippen molar-refractivity contribution in [1.29, 1.82) is 0 Å². The molecule has 2 amide bonds. The first-order valence-electron chi connectivity index (χ1n) is 10.2. The predicted octanol–water partition coefficient (Wildman–Crippen LogP) is 2.70. The molecule has 1 aliphatic heterocycles. The van der Waals surface area contributed by atoms with E-state index in [-0.39, 0.29) is 11.8 Å². The number of hydrogen-bond donors (Lipinski definition) is 0. The van der Waals surface area contributed by atoms with Crippen molar-refractivity contribution >= 4 is 29.4 Å². The Morgan fingerprint density at radius 1 is 1.03 bits per heavy atom. The first kappa shape index (κ1) is 22.1. The monoisotopic (exact) mass is 427 g/mol. The maximum Gasteiger partial charge on any atom is 0.253 e. The summed E-state index contributed by atoms with van der Waals surface area (Å²) in [6.07, 6.45) is 0.869. The lowest BCUT2D eigenvalue weighted by Gasteiger charge is -2.34. The highest BCUT2D eigenvalue weighted by Crippen LogP contribution is 2.23. The maximum absolute atomic E-state index is 12.7. The number of hydrogen-bond acceptors (Lipinski definition) is 6. The Labute approximate surface area is 182 Å². The second-order valence-corrected chi connectivity index (χ2v) is 8.47. The van der Waals surface area contributed by atoms with Crippen molar-refractivity contribution in [2.24, 2.45) is 0 Å². The molecule has 0 N–H and O–H groups in total. The fourth-order valence-electron chi connectivity index (χ4n) is 3.23. The number of benzene rings is 1. The summed E-state index contributed by atoms with van der Waals surface area (Å²) in [6.45, 7) is 6.01. The smallest absolute Gasteiger partial charge is 0.253 e. The maximum atomic E-state index is 12.7. The highest BCUT2D eigenvalue weighted by Gasteiger charge is 2.23. The number of amides is 2. The van der Waals surface area contributed by atoms with Crippen LogP contribution in [-0.2, 0) is 17.0 Å². The van der Waals surface area contributed by atoms with Gasteiger partial charge in [0, 0.05) is 70.3 Å². The van der Waals surface area contributed by atoms with Gasteiger partial charge in [0.2, 0.25) is 5.91 Å². The zero-order valence-corrected chi connectivity index (χ0v) is 18.9. The molecule has 8 heteroatoms. The van der Waals surface area contributed by atoms with Crippen molar-refractivity contribution < 1.29 is 9.59 Å². The van der Waals surface area contributed by atoms with Gasteiger partial charge in [-0.15, -0.1) is 0 Å². The molecule has 1 aliphatic rings. The molecule has 0 atom stereocenters. The van der Waals surface area contributed by atoms with Gasteiger partial charge in [-0.3, -0.25) is 9.59 Å². The SMILES string of the molecule is CCc1cc(N(C)C)nc(SCc2ccc(C(=O)N3CCN(C(C)=O)CC3)cc2)n1. The van der Waals surface area contributed by atoms with Gasteiger partial charge in [0.1, 0.15) is 5.82 Å². The third-order valence-electron chi connectivity index (χ3n) is 5.15. The first-order chi connectivity index (χ1) is 14.4. The van der Waals surface area contributed by atoms with Gasteiger partial charge in [-0.25, -0.2) is 9.97 Å². The van der Waals surface area contributed by atoms with Crippen LogP contribution < -0.4 is 4.90 Å². The van der Waals surface area contributed by atoms with E-state index in [2.05, 4.69) is 16.9 Å². The molecule has 1 saturated heterocycles. The van der Waals surface area contributed by atoms with Crippen molar-refractivity contribution in [3.63, 3.8) is 0 Å². The van der Waals surface area contributed by atoms with Gasteiger partial charge in [0.15, 0.2) is 5.16 Å². The average molecular weight is 428 g/mol. The van der Waals surface area contributed by atoms with Crippen LogP contribution >= 0.6 is 11.8 Å². The predicted molar refractivity (Wildman–Crippen MR) is 120 cm³/mol. The van der Waals surface area contributed by atoms with E-state index in [4.69, 9.17) is 0 Å². The molecule has 2 aromatic rings. The lowest BCUT2D eigenvalue weighted by atomic mass is 10.1. The molecule has 0 spiro atoms. The van der Waals surface area contributed by atoms with Crippen LogP contribution in [0.15, 0.2) is 35.5 Å². The summed E-state index contributed by atoms with van der Waals surface area (Å²) in [7, 11) is 3.96. The van der Waals surface area contributed by atoms with Crippen LogP contribution in [0.5, 0.6) is 0 Å². The van der Waals surface area contributed by atoms with E-state index in [9.17, 15) is 9.59 Å². The number of aryl methyl sites for hydroxylation is 1. The molecule has 0 bridgehead atoms. The van der Waals surface area contributed by atoms with Gasteiger partial charge >= 0.3 is 0 Å². The van der Waals surface area contributed by atoms with E-state index in [1.807, 2.05) is 54.2 Å². The topological polar surface area (TPSA) is 69.6 Å². The number of nitrogens with zero attached hydrogens (tertiary/aromatic N) is 5. The molecule has 7 nitrogen and oxygen atoms in total. The van der Waals surface area contributed by atoms with Crippen LogP contribution in [0.2, 0.25) is 0 Å². The highest BCUT2D eigenvalue weighted by molar-refractivity contribution is 7.98. The highest BCUT2D eigenvalue weighted by atomic mass is 32.2. The molecular formula is C22H29N5O2S. The molecule has 3 rings (SSSR count). The molecule has 1 aromatic carbocycles. The van der Waals surface area contributed by atoms with Gasteiger partial charge in [-0.05, 0) is 24.1 Å². The molecular weight excluding hydrogens is 398 g/mol. The number of aromatic nitrogens is 2. The minimum Gasteiger partial charge on any atom is -0.363 e. The average Bonchev–Trinajstić information content (AvgIpc) is 2.77. The molecule has 0 radical (unpaired) electrons. The number of rotatable bonds is 6. The van der Waals surface area contributed by atoms with Crippen molar-refractivity contribution in [1.82, 2.24) is 19.8 Å². The Morgan fingerprint density at radius 2 is 1.67 bits per heavy atom. The van der Waals surface area contributed by atoms with Crippen LogP contribution in [0.3, 0.4) is 0 Å². The van der Waals surface area contributed by atoms with Crippen molar-refractivity contribution in [3.8, 4) is 0 Å². The zero-order chi connectivity index (χ0) is 21.7. The van der Waals surface area contributed by atoms with Gasteiger partial charge in [-0.1, -0.05) is 30.8 Å². The molecule has 2 heterocycles. The molecule has 160 valence electrons. The minimum absolute atomic E-state index is 0.0204. The normalized spacial score (nSPS) is 14.0. The molecule has 30 heavy (non-hydrogen) atoms. The number of thioether (sulfide) groups is 1. The van der Waals surface area contributed by atoms with E-state index in [1.54, 1.807) is 23.6 Å². The summed E-state index contributed by atoms with van der Waals surface area (Å²) < 4.78 is 0. The Balaban J connectivity index is 1.59. The Bertz CT molecular complexity index is 893. The summed E-state index contributed by atoms with van der Waals surface area (Å²) in [5.41, 5.74) is 2.83. The van der Waals surface area contributed by atoms with E-state index in [0.717, 1.165) is 34.4 Å². The fourth-order valence-corrected chi connectivity index (χ4v) is 4.06. The third-order valence-corrected chi connectivity index (χ3v) is 6.07. The van der Waals surface area contributed by atoms with Crippen molar-refractivity contribution in [3.05, 3.63) is 47.2 Å². The quantitative estimate of drug-likeness (QED) is 0.522. The summed E-state index contributed by atoms with van der Waals surface area (Å²) in [6, 6.07) is 9.75. The van der Waals surface area contributed by atoms with Crippen LogP contribution in [-0.4, -0.2) is 71.9 Å². The molecule has 1 aromatic heterocycles. The second kappa shape index (κ2) is 9.93. The molecule has 0 saturated carbocycles. The van der Waals surface area contributed by atoms with Gasteiger partial charge in [-0.2, -0.15) is 0 Å². The number of carbonyl (C=O) groups is 2. The Morgan fingerprint density at radius 3 is 2.23 bits per heavy atom. The van der Waals surface area contributed by atoms with Gasteiger partial charge < -0.3 is 14.7 Å². The van der Waals surface area contributed by atoms with Crippen LogP contribution in [0.4, 0.5) is 5.82 Å². The third kappa shape index (κ3) is 5.50. The summed E-state index contributed by atoms with van der Waals surface area (Å²) in [5.74, 6) is 1.74. The van der Waals surface area contributed by atoms with E-state index in [1.165, 1.54) is 0 Å². The first-order valence-corrected chi connectivity index (χ1v) is 11.2.